The van der Waals surface area contributed by atoms with Crippen LogP contribution in [0, 0.1) is 11.6 Å². The molecule has 1 aliphatic rings. The number of aromatic nitrogens is 5. The highest BCUT2D eigenvalue weighted by Crippen LogP contribution is 2.31. The van der Waals surface area contributed by atoms with Crippen molar-refractivity contribution in [3.63, 3.8) is 0 Å². The van der Waals surface area contributed by atoms with E-state index in [2.05, 4.69) is 20.4 Å². The van der Waals surface area contributed by atoms with Crippen LogP contribution < -0.4 is 10.9 Å². The minimum Gasteiger partial charge on any atom is -0.391 e. The van der Waals surface area contributed by atoms with Crippen LogP contribution in [-0.2, 0) is 13.6 Å². The van der Waals surface area contributed by atoms with Crippen LogP contribution in [0.3, 0.4) is 0 Å². The number of carbonyl (C=O) groups is 1. The standard InChI is InChI=1S/C30H28F2N6O3/c1-37-14-19-18(6-5-8-24(19)36-37)17-12-22(31)20(23(32)13-17)15-38-16-21(27-28(30(38)41)34-11-10-33-27)29(40)35-25-7-3-2-4-9-26(25)39/h5-6,8,10-14,16,25-26,39H,2-4,7,9,15H2,1H3,(H,35,40)/t25-,26-/m0/s1. The van der Waals surface area contributed by atoms with Gasteiger partial charge in [0.15, 0.2) is 5.52 Å². The minimum atomic E-state index is -0.834. The average Bonchev–Trinajstić information content (AvgIpc) is 3.23. The molecule has 3 heterocycles. The van der Waals surface area contributed by atoms with Crippen LogP contribution in [0.25, 0.3) is 33.1 Å². The first-order chi connectivity index (χ1) is 19.8. The number of fused-ring (bicyclic) bond motifs is 2. The summed E-state index contributed by atoms with van der Waals surface area (Å²) in [4.78, 5) is 35.0. The summed E-state index contributed by atoms with van der Waals surface area (Å²) >= 11 is 0. The van der Waals surface area contributed by atoms with Crippen LogP contribution in [0.15, 0.2) is 59.9 Å². The zero-order chi connectivity index (χ0) is 28.7. The largest absolute Gasteiger partial charge is 0.391 e. The monoisotopic (exact) mass is 558 g/mol. The molecule has 0 spiro atoms. The van der Waals surface area contributed by atoms with Crippen molar-refractivity contribution in [2.24, 2.45) is 7.05 Å². The predicted octanol–water partition coefficient (Wildman–Crippen LogP) is 4.10. The van der Waals surface area contributed by atoms with Gasteiger partial charge in [0.05, 0.1) is 29.8 Å². The first-order valence-corrected chi connectivity index (χ1v) is 13.5. The lowest BCUT2D eigenvalue weighted by Gasteiger charge is -2.22. The van der Waals surface area contributed by atoms with E-state index in [1.54, 1.807) is 30.1 Å². The first-order valence-electron chi connectivity index (χ1n) is 13.5. The van der Waals surface area contributed by atoms with Crippen molar-refractivity contribution in [1.29, 1.82) is 0 Å². The Hall–Kier alpha value is -4.51. The molecule has 3 aromatic heterocycles. The smallest absolute Gasteiger partial charge is 0.279 e. The van der Waals surface area contributed by atoms with E-state index >= 15 is 8.78 Å². The summed E-state index contributed by atoms with van der Waals surface area (Å²) in [5, 5.41) is 18.5. The molecule has 41 heavy (non-hydrogen) atoms. The van der Waals surface area contributed by atoms with Crippen molar-refractivity contribution < 1.29 is 18.7 Å². The van der Waals surface area contributed by atoms with Gasteiger partial charge in [0, 0.05) is 42.8 Å². The topological polar surface area (TPSA) is 115 Å². The number of nitrogens with zero attached hydrogens (tertiary/aromatic N) is 5. The van der Waals surface area contributed by atoms with Gasteiger partial charge in [-0.15, -0.1) is 0 Å². The lowest BCUT2D eigenvalue weighted by atomic mass is 9.99. The number of aryl methyl sites for hydroxylation is 1. The Morgan fingerprint density at radius 2 is 1.78 bits per heavy atom. The van der Waals surface area contributed by atoms with Crippen LogP contribution in [0.5, 0.6) is 0 Å². The zero-order valence-electron chi connectivity index (χ0n) is 22.3. The molecular formula is C30H28F2N6O3. The van der Waals surface area contributed by atoms with Crippen molar-refractivity contribution in [2.75, 3.05) is 0 Å². The van der Waals surface area contributed by atoms with Crippen LogP contribution in [0.1, 0.15) is 48.0 Å². The zero-order valence-corrected chi connectivity index (χ0v) is 22.3. The molecule has 1 saturated carbocycles. The summed E-state index contributed by atoms with van der Waals surface area (Å²) in [5.41, 5.74) is 0.701. The summed E-state index contributed by atoms with van der Waals surface area (Å²) in [7, 11) is 1.77. The van der Waals surface area contributed by atoms with Gasteiger partial charge in [0.25, 0.3) is 11.5 Å². The Morgan fingerprint density at radius 3 is 2.56 bits per heavy atom. The molecule has 2 atom stereocenters. The van der Waals surface area contributed by atoms with Crippen molar-refractivity contribution in [1.82, 2.24) is 29.6 Å². The average molecular weight is 559 g/mol. The number of hydrogen-bond acceptors (Lipinski definition) is 6. The SMILES string of the molecule is Cn1cc2c(-c3cc(F)c(Cn4cc(C(=O)N[C@H]5CCCCC[C@@H]5O)c5nccnc5c4=O)c(F)c3)cccc2n1. The Kier molecular flexibility index (Phi) is 7.04. The fourth-order valence-corrected chi connectivity index (χ4v) is 5.58. The second kappa shape index (κ2) is 10.8. The number of aliphatic hydroxyl groups is 1. The molecule has 11 heteroatoms. The number of halogens is 2. The molecule has 1 aliphatic carbocycles. The molecule has 0 aliphatic heterocycles. The number of aliphatic hydroxyl groups excluding tert-OH is 1. The fraction of sp³-hybridized carbons (Fsp3) is 0.300. The highest BCUT2D eigenvalue weighted by atomic mass is 19.1. The van der Waals surface area contributed by atoms with E-state index in [0.717, 1.165) is 29.2 Å². The molecule has 1 fully saturated rings. The molecule has 0 unspecified atom stereocenters. The molecule has 0 saturated heterocycles. The maximum absolute atomic E-state index is 15.5. The first kappa shape index (κ1) is 26.7. The Labute approximate surface area is 233 Å². The molecule has 5 aromatic rings. The molecule has 2 N–H and O–H groups in total. The predicted molar refractivity (Wildman–Crippen MR) is 149 cm³/mol. The lowest BCUT2D eigenvalue weighted by molar-refractivity contribution is 0.0819. The maximum Gasteiger partial charge on any atom is 0.279 e. The summed E-state index contributed by atoms with van der Waals surface area (Å²) in [6, 6.07) is 7.36. The van der Waals surface area contributed by atoms with E-state index in [-0.39, 0.29) is 22.2 Å². The summed E-state index contributed by atoms with van der Waals surface area (Å²) in [6.45, 7) is -0.466. The number of nitrogens with one attached hydrogen (secondary N) is 1. The van der Waals surface area contributed by atoms with Gasteiger partial charge in [0.2, 0.25) is 0 Å². The van der Waals surface area contributed by atoms with E-state index in [1.165, 1.54) is 30.7 Å². The third kappa shape index (κ3) is 5.08. The van der Waals surface area contributed by atoms with Gasteiger partial charge in [-0.05, 0) is 42.2 Å². The van der Waals surface area contributed by atoms with E-state index in [1.807, 2.05) is 6.07 Å². The van der Waals surface area contributed by atoms with Gasteiger partial charge in [0.1, 0.15) is 17.2 Å². The Morgan fingerprint density at radius 1 is 1.05 bits per heavy atom. The highest BCUT2D eigenvalue weighted by molar-refractivity contribution is 6.04. The number of benzene rings is 2. The van der Waals surface area contributed by atoms with E-state index in [4.69, 9.17) is 0 Å². The highest BCUT2D eigenvalue weighted by Gasteiger charge is 2.26. The normalized spacial score (nSPS) is 17.6. The van der Waals surface area contributed by atoms with Crippen molar-refractivity contribution in [3.8, 4) is 11.1 Å². The van der Waals surface area contributed by atoms with Gasteiger partial charge in [-0.3, -0.25) is 19.3 Å². The van der Waals surface area contributed by atoms with E-state index < -0.39 is 41.8 Å². The van der Waals surface area contributed by atoms with Gasteiger partial charge < -0.3 is 15.0 Å². The van der Waals surface area contributed by atoms with Crippen molar-refractivity contribution >= 4 is 27.8 Å². The van der Waals surface area contributed by atoms with Crippen LogP contribution in [0.2, 0.25) is 0 Å². The summed E-state index contributed by atoms with van der Waals surface area (Å²) in [5.74, 6) is -2.21. The quantitative estimate of drug-likeness (QED) is 0.314. The van der Waals surface area contributed by atoms with Crippen LogP contribution in [-0.4, -0.2) is 47.5 Å². The number of carbonyl (C=O) groups excluding carboxylic acids is 1. The van der Waals surface area contributed by atoms with Gasteiger partial charge in [-0.1, -0.05) is 31.4 Å². The number of hydrogen-bond donors (Lipinski definition) is 2. The number of pyridine rings is 1. The van der Waals surface area contributed by atoms with E-state index in [9.17, 15) is 14.7 Å². The second-order valence-electron chi connectivity index (χ2n) is 10.5. The van der Waals surface area contributed by atoms with Crippen molar-refractivity contribution in [2.45, 2.75) is 50.8 Å². The van der Waals surface area contributed by atoms with Gasteiger partial charge >= 0.3 is 0 Å². The second-order valence-corrected chi connectivity index (χ2v) is 10.5. The van der Waals surface area contributed by atoms with Gasteiger partial charge in [-0.25, -0.2) is 13.8 Å². The summed E-state index contributed by atoms with van der Waals surface area (Å²) < 4.78 is 33.6. The third-order valence-electron chi connectivity index (χ3n) is 7.69. The molecule has 210 valence electrons. The molecule has 1 amide bonds. The molecular weight excluding hydrogens is 530 g/mol. The molecule has 9 nitrogen and oxygen atoms in total. The minimum absolute atomic E-state index is 0.0323. The van der Waals surface area contributed by atoms with E-state index in [0.29, 0.717) is 29.5 Å². The van der Waals surface area contributed by atoms with Crippen LogP contribution >= 0.6 is 0 Å². The van der Waals surface area contributed by atoms with Gasteiger partial charge in [-0.2, -0.15) is 5.10 Å². The maximum atomic E-state index is 15.5. The lowest BCUT2D eigenvalue weighted by Crippen LogP contribution is -2.43. The third-order valence-corrected chi connectivity index (χ3v) is 7.69. The molecule has 6 rings (SSSR count). The summed E-state index contributed by atoms with van der Waals surface area (Å²) in [6.07, 6.45) is 8.93. The number of rotatable bonds is 5. The Bertz CT molecular complexity index is 1830. The number of amides is 1. The molecule has 0 radical (unpaired) electrons. The Balaban J connectivity index is 1.38. The van der Waals surface area contributed by atoms with Crippen LogP contribution in [0.4, 0.5) is 8.78 Å². The van der Waals surface area contributed by atoms with Crippen molar-refractivity contribution in [3.05, 3.63) is 88.2 Å². The molecule has 0 bridgehead atoms. The fourth-order valence-electron chi connectivity index (χ4n) is 5.58. The molecule has 2 aromatic carbocycles.